The Balaban J connectivity index is 1.75. The number of carbonyl (C=O) groups is 4. The van der Waals surface area contributed by atoms with Crippen LogP contribution in [0.3, 0.4) is 0 Å². The number of alkyl carbamates (subject to hydrolysis) is 2. The fourth-order valence-electron chi connectivity index (χ4n) is 4.00. The van der Waals surface area contributed by atoms with Crippen LogP contribution in [0.5, 0.6) is 0 Å². The van der Waals surface area contributed by atoms with Gasteiger partial charge in [-0.2, -0.15) is 11.8 Å². The fraction of sp³-hybridized carbons (Fsp3) is 0.643. The summed E-state index contributed by atoms with van der Waals surface area (Å²) in [6, 6.07) is 8.74. The summed E-state index contributed by atoms with van der Waals surface area (Å²) in [6.07, 6.45) is 2.02. The van der Waals surface area contributed by atoms with Crippen LogP contribution in [0.4, 0.5) is 9.59 Å². The third kappa shape index (κ3) is 14.1. The molecule has 1 unspecified atom stereocenters. The number of amides is 3. The van der Waals surface area contributed by atoms with Crippen molar-refractivity contribution in [2.24, 2.45) is 5.92 Å². The number of piperidine rings is 1. The van der Waals surface area contributed by atoms with Gasteiger partial charge in [0, 0.05) is 32.3 Å². The first-order valence-electron chi connectivity index (χ1n) is 13.5. The minimum Gasteiger partial charge on any atom is -0.466 e. The van der Waals surface area contributed by atoms with Crippen LogP contribution in [-0.2, 0) is 30.4 Å². The smallest absolute Gasteiger partial charge is 0.408 e. The minimum atomic E-state index is -0.716. The fourth-order valence-corrected chi connectivity index (χ4v) is 4.97. The van der Waals surface area contributed by atoms with Crippen molar-refractivity contribution in [2.45, 2.75) is 71.6 Å². The van der Waals surface area contributed by atoms with Crippen LogP contribution in [-0.4, -0.2) is 78.4 Å². The molecule has 0 saturated carbocycles. The molecule has 11 heteroatoms. The SMILES string of the molecule is CC(=O)OCCC1CCN(C(=O)C(CSCCCNC(=O)OCc2ccccc2)NC(=O)OC(C)(C)C)CC1. The van der Waals surface area contributed by atoms with Gasteiger partial charge in [-0.05, 0) is 63.7 Å². The molecule has 218 valence electrons. The molecule has 2 N–H and O–H groups in total. The summed E-state index contributed by atoms with van der Waals surface area (Å²) in [5, 5.41) is 5.48. The van der Waals surface area contributed by atoms with E-state index in [9.17, 15) is 19.2 Å². The molecule has 1 heterocycles. The van der Waals surface area contributed by atoms with E-state index in [1.54, 1.807) is 25.7 Å². The van der Waals surface area contributed by atoms with E-state index in [0.717, 1.165) is 24.8 Å². The molecule has 1 atom stereocenters. The van der Waals surface area contributed by atoms with Gasteiger partial charge in [-0.1, -0.05) is 30.3 Å². The molecule has 0 bridgehead atoms. The number of hydrogen-bond acceptors (Lipinski definition) is 8. The van der Waals surface area contributed by atoms with Gasteiger partial charge >= 0.3 is 18.2 Å². The van der Waals surface area contributed by atoms with Crippen molar-refractivity contribution in [3.05, 3.63) is 35.9 Å². The molecule has 1 aliphatic heterocycles. The summed E-state index contributed by atoms with van der Waals surface area (Å²) in [4.78, 5) is 50.4. The van der Waals surface area contributed by atoms with Gasteiger partial charge in [0.15, 0.2) is 0 Å². The largest absolute Gasteiger partial charge is 0.466 e. The van der Waals surface area contributed by atoms with Crippen LogP contribution in [0.2, 0.25) is 0 Å². The van der Waals surface area contributed by atoms with Crippen molar-refractivity contribution in [3.63, 3.8) is 0 Å². The van der Waals surface area contributed by atoms with Crippen LogP contribution < -0.4 is 10.6 Å². The van der Waals surface area contributed by atoms with Crippen LogP contribution in [0, 0.1) is 5.92 Å². The van der Waals surface area contributed by atoms with Crippen LogP contribution in [0.1, 0.15) is 58.9 Å². The highest BCUT2D eigenvalue weighted by atomic mass is 32.2. The Morgan fingerprint density at radius 2 is 1.74 bits per heavy atom. The average Bonchev–Trinajstić information content (AvgIpc) is 2.88. The Hall–Kier alpha value is -2.95. The first-order chi connectivity index (χ1) is 18.5. The molecular formula is C28H43N3O7S. The molecule has 1 aromatic carbocycles. The number of likely N-dealkylation sites (tertiary alicyclic amines) is 1. The lowest BCUT2D eigenvalue weighted by Gasteiger charge is -2.34. The van der Waals surface area contributed by atoms with Crippen LogP contribution >= 0.6 is 11.8 Å². The maximum Gasteiger partial charge on any atom is 0.408 e. The Kier molecular flexibility index (Phi) is 14.0. The Labute approximate surface area is 235 Å². The molecule has 0 aromatic heterocycles. The molecule has 1 aromatic rings. The highest BCUT2D eigenvalue weighted by Crippen LogP contribution is 2.22. The summed E-state index contributed by atoms with van der Waals surface area (Å²) in [5.74, 6) is 1.07. The van der Waals surface area contributed by atoms with Gasteiger partial charge in [-0.25, -0.2) is 9.59 Å². The second kappa shape index (κ2) is 16.9. The third-order valence-electron chi connectivity index (χ3n) is 5.98. The zero-order valence-electron chi connectivity index (χ0n) is 23.5. The number of rotatable bonds is 13. The monoisotopic (exact) mass is 565 g/mol. The van der Waals surface area contributed by atoms with Crippen molar-refractivity contribution < 1.29 is 33.4 Å². The number of nitrogens with one attached hydrogen (secondary N) is 2. The number of thioether (sulfide) groups is 1. The van der Waals surface area contributed by atoms with E-state index >= 15 is 0 Å². The molecule has 39 heavy (non-hydrogen) atoms. The van der Waals surface area contributed by atoms with Gasteiger partial charge in [0.2, 0.25) is 5.91 Å². The molecule has 0 radical (unpaired) electrons. The average molecular weight is 566 g/mol. The van der Waals surface area contributed by atoms with E-state index in [2.05, 4.69) is 10.6 Å². The molecule has 1 saturated heterocycles. The summed E-state index contributed by atoms with van der Waals surface area (Å²) in [5.41, 5.74) is 0.244. The van der Waals surface area contributed by atoms with Gasteiger partial charge < -0.3 is 29.7 Å². The predicted molar refractivity (Wildman–Crippen MR) is 150 cm³/mol. The zero-order chi connectivity index (χ0) is 28.7. The molecule has 3 amide bonds. The molecule has 0 spiro atoms. The molecule has 1 aliphatic rings. The lowest BCUT2D eigenvalue weighted by molar-refractivity contribution is -0.141. The minimum absolute atomic E-state index is 0.130. The molecule has 2 rings (SSSR count). The van der Waals surface area contributed by atoms with Gasteiger partial charge in [-0.15, -0.1) is 0 Å². The van der Waals surface area contributed by atoms with Crippen molar-refractivity contribution in [1.82, 2.24) is 15.5 Å². The van der Waals surface area contributed by atoms with E-state index in [0.29, 0.717) is 50.1 Å². The van der Waals surface area contributed by atoms with Gasteiger partial charge in [0.25, 0.3) is 0 Å². The maximum atomic E-state index is 13.3. The summed E-state index contributed by atoms with van der Waals surface area (Å²) in [7, 11) is 0. The Bertz CT molecular complexity index is 915. The van der Waals surface area contributed by atoms with E-state index in [1.165, 1.54) is 18.7 Å². The number of esters is 1. The lowest BCUT2D eigenvalue weighted by atomic mass is 9.93. The second-order valence-electron chi connectivity index (χ2n) is 10.5. The van der Waals surface area contributed by atoms with E-state index in [4.69, 9.17) is 14.2 Å². The molecule has 1 fully saturated rings. The summed E-state index contributed by atoms with van der Waals surface area (Å²) >= 11 is 1.53. The first-order valence-corrected chi connectivity index (χ1v) is 14.6. The number of carbonyl (C=O) groups excluding carboxylic acids is 4. The van der Waals surface area contributed by atoms with E-state index < -0.39 is 23.8 Å². The third-order valence-corrected chi connectivity index (χ3v) is 7.13. The highest BCUT2D eigenvalue weighted by Gasteiger charge is 2.30. The highest BCUT2D eigenvalue weighted by molar-refractivity contribution is 7.99. The number of benzene rings is 1. The Morgan fingerprint density at radius 3 is 2.38 bits per heavy atom. The molecule has 0 aliphatic carbocycles. The topological polar surface area (TPSA) is 123 Å². The maximum absolute atomic E-state index is 13.3. The predicted octanol–water partition coefficient (Wildman–Crippen LogP) is 4.12. The lowest BCUT2D eigenvalue weighted by Crippen LogP contribution is -2.52. The Morgan fingerprint density at radius 1 is 1.05 bits per heavy atom. The normalized spacial score (nSPS) is 14.7. The number of nitrogens with zero attached hydrogens (tertiary/aromatic N) is 1. The number of ether oxygens (including phenoxy) is 3. The van der Waals surface area contributed by atoms with Crippen molar-refractivity contribution in [2.75, 3.05) is 37.7 Å². The molecular weight excluding hydrogens is 522 g/mol. The number of hydrogen-bond donors (Lipinski definition) is 2. The van der Waals surface area contributed by atoms with Crippen molar-refractivity contribution in [3.8, 4) is 0 Å². The van der Waals surface area contributed by atoms with Gasteiger partial charge in [0.05, 0.1) is 6.61 Å². The first kappa shape index (κ1) is 32.3. The quantitative estimate of drug-likeness (QED) is 0.208. The van der Waals surface area contributed by atoms with Gasteiger partial charge in [-0.3, -0.25) is 9.59 Å². The zero-order valence-corrected chi connectivity index (χ0v) is 24.3. The van der Waals surface area contributed by atoms with E-state index in [-0.39, 0.29) is 18.5 Å². The standard InChI is InChI=1S/C28H43N3O7S/c1-21(32)36-17-13-22-11-15-31(16-12-22)25(33)24(30-27(35)38-28(2,3)4)20-39-18-8-14-29-26(34)37-19-23-9-6-5-7-10-23/h5-7,9-10,22,24H,8,11-20H2,1-4H3,(H,29,34)(H,30,35). The van der Waals surface area contributed by atoms with E-state index in [1.807, 2.05) is 30.3 Å². The van der Waals surface area contributed by atoms with Crippen LogP contribution in [0.15, 0.2) is 30.3 Å². The summed E-state index contributed by atoms with van der Waals surface area (Å²) in [6.45, 7) is 8.96. The van der Waals surface area contributed by atoms with Crippen molar-refractivity contribution >= 4 is 35.8 Å². The second-order valence-corrected chi connectivity index (χ2v) is 11.7. The van der Waals surface area contributed by atoms with Crippen molar-refractivity contribution in [1.29, 1.82) is 0 Å². The summed E-state index contributed by atoms with van der Waals surface area (Å²) < 4.78 is 15.6. The van der Waals surface area contributed by atoms with Gasteiger partial charge in [0.1, 0.15) is 18.2 Å². The van der Waals surface area contributed by atoms with Crippen LogP contribution in [0.25, 0.3) is 0 Å². The molecule has 10 nitrogen and oxygen atoms in total.